The van der Waals surface area contributed by atoms with Crippen molar-refractivity contribution in [1.29, 1.82) is 0 Å². The van der Waals surface area contributed by atoms with E-state index in [1.165, 1.54) is 0 Å². The first-order valence-corrected chi connectivity index (χ1v) is 7.54. The molecule has 94 valence electrons. The molecular formula is C12H18N2O2S. The number of benzene rings is 1. The molecule has 0 aliphatic carbocycles. The number of sulfone groups is 1. The van der Waals surface area contributed by atoms with Gasteiger partial charge in [-0.1, -0.05) is 0 Å². The molecule has 0 bridgehead atoms. The Hall–Kier alpha value is -1.23. The van der Waals surface area contributed by atoms with Crippen molar-refractivity contribution in [1.82, 2.24) is 0 Å². The van der Waals surface area contributed by atoms with Crippen LogP contribution < -0.4 is 10.6 Å². The SMILES string of the molecule is Cc1cc(N)cc(N2CCS(=O)(=O)CC2C)c1. The zero-order valence-corrected chi connectivity index (χ0v) is 11.0. The highest BCUT2D eigenvalue weighted by Crippen LogP contribution is 2.25. The van der Waals surface area contributed by atoms with Crippen LogP contribution in [0.5, 0.6) is 0 Å². The Labute approximate surface area is 102 Å². The zero-order valence-electron chi connectivity index (χ0n) is 10.2. The van der Waals surface area contributed by atoms with Crippen molar-refractivity contribution in [3.8, 4) is 0 Å². The molecular weight excluding hydrogens is 236 g/mol. The highest BCUT2D eigenvalue weighted by Gasteiger charge is 2.28. The lowest BCUT2D eigenvalue weighted by Gasteiger charge is -2.35. The highest BCUT2D eigenvalue weighted by molar-refractivity contribution is 7.91. The van der Waals surface area contributed by atoms with Crippen LogP contribution in [-0.2, 0) is 9.84 Å². The number of anilines is 2. The summed E-state index contributed by atoms with van der Waals surface area (Å²) in [6, 6.07) is 5.87. The van der Waals surface area contributed by atoms with Gasteiger partial charge in [-0.05, 0) is 37.6 Å². The zero-order chi connectivity index (χ0) is 12.6. The largest absolute Gasteiger partial charge is 0.399 e. The summed E-state index contributed by atoms with van der Waals surface area (Å²) in [4.78, 5) is 2.12. The summed E-state index contributed by atoms with van der Waals surface area (Å²) >= 11 is 0. The molecule has 5 heteroatoms. The normalized spacial score (nSPS) is 23.6. The Kier molecular flexibility index (Phi) is 3.03. The summed E-state index contributed by atoms with van der Waals surface area (Å²) in [5.41, 5.74) is 8.66. The quantitative estimate of drug-likeness (QED) is 0.765. The minimum Gasteiger partial charge on any atom is -0.399 e. The summed E-state index contributed by atoms with van der Waals surface area (Å²) in [6.07, 6.45) is 0. The number of hydrogen-bond acceptors (Lipinski definition) is 4. The van der Waals surface area contributed by atoms with Gasteiger partial charge in [0.05, 0.1) is 11.5 Å². The van der Waals surface area contributed by atoms with Crippen LogP contribution in [0.3, 0.4) is 0 Å². The number of nitrogens with two attached hydrogens (primary N) is 1. The third kappa shape index (κ3) is 2.72. The van der Waals surface area contributed by atoms with Gasteiger partial charge in [-0.3, -0.25) is 0 Å². The first kappa shape index (κ1) is 12.2. The van der Waals surface area contributed by atoms with Crippen LogP contribution in [0.15, 0.2) is 18.2 Å². The Balaban J connectivity index is 2.29. The molecule has 1 unspecified atom stereocenters. The average Bonchev–Trinajstić information content (AvgIpc) is 2.13. The molecule has 0 amide bonds. The lowest BCUT2D eigenvalue weighted by atomic mass is 10.1. The molecule has 1 atom stereocenters. The van der Waals surface area contributed by atoms with Crippen molar-refractivity contribution < 1.29 is 8.42 Å². The Morgan fingerprint density at radius 3 is 2.65 bits per heavy atom. The van der Waals surface area contributed by atoms with Crippen molar-refractivity contribution in [3.63, 3.8) is 0 Å². The highest BCUT2D eigenvalue weighted by atomic mass is 32.2. The van der Waals surface area contributed by atoms with E-state index < -0.39 is 9.84 Å². The second kappa shape index (κ2) is 4.22. The van der Waals surface area contributed by atoms with Gasteiger partial charge in [0.1, 0.15) is 0 Å². The summed E-state index contributed by atoms with van der Waals surface area (Å²) < 4.78 is 23.0. The molecule has 1 aromatic carbocycles. The van der Waals surface area contributed by atoms with E-state index in [4.69, 9.17) is 5.73 Å². The first-order valence-electron chi connectivity index (χ1n) is 5.72. The maximum Gasteiger partial charge on any atom is 0.154 e. The van der Waals surface area contributed by atoms with Gasteiger partial charge in [0.15, 0.2) is 9.84 Å². The first-order chi connectivity index (χ1) is 7.87. The van der Waals surface area contributed by atoms with Crippen molar-refractivity contribution in [2.75, 3.05) is 28.7 Å². The van der Waals surface area contributed by atoms with Gasteiger partial charge in [0, 0.05) is 24.0 Å². The molecule has 1 heterocycles. The van der Waals surface area contributed by atoms with E-state index in [1.54, 1.807) is 0 Å². The lowest BCUT2D eigenvalue weighted by Crippen LogP contribution is -2.47. The Morgan fingerprint density at radius 2 is 2.06 bits per heavy atom. The van der Waals surface area contributed by atoms with Crippen LogP contribution in [0.25, 0.3) is 0 Å². The molecule has 1 fully saturated rings. The van der Waals surface area contributed by atoms with Crippen LogP contribution in [0.4, 0.5) is 11.4 Å². The third-order valence-electron chi connectivity index (χ3n) is 3.09. The molecule has 1 aliphatic heterocycles. The smallest absolute Gasteiger partial charge is 0.154 e. The molecule has 1 aromatic rings. The van der Waals surface area contributed by atoms with Gasteiger partial charge in [-0.25, -0.2) is 8.42 Å². The van der Waals surface area contributed by atoms with E-state index in [0.29, 0.717) is 6.54 Å². The number of hydrogen-bond donors (Lipinski definition) is 1. The van der Waals surface area contributed by atoms with E-state index in [9.17, 15) is 8.42 Å². The average molecular weight is 254 g/mol. The molecule has 1 aliphatic rings. The maximum atomic E-state index is 11.5. The van der Waals surface area contributed by atoms with Gasteiger partial charge in [-0.2, -0.15) is 0 Å². The minimum atomic E-state index is -2.87. The summed E-state index contributed by atoms with van der Waals surface area (Å²) in [6.45, 7) is 4.48. The number of rotatable bonds is 1. The van der Waals surface area contributed by atoms with E-state index >= 15 is 0 Å². The monoisotopic (exact) mass is 254 g/mol. The van der Waals surface area contributed by atoms with E-state index in [1.807, 2.05) is 32.0 Å². The van der Waals surface area contributed by atoms with Crippen molar-refractivity contribution in [2.24, 2.45) is 0 Å². The van der Waals surface area contributed by atoms with Gasteiger partial charge in [0.2, 0.25) is 0 Å². The van der Waals surface area contributed by atoms with E-state index in [0.717, 1.165) is 16.9 Å². The van der Waals surface area contributed by atoms with Crippen molar-refractivity contribution in [3.05, 3.63) is 23.8 Å². The topological polar surface area (TPSA) is 63.4 Å². The van der Waals surface area contributed by atoms with Crippen LogP contribution in [0.2, 0.25) is 0 Å². The fraction of sp³-hybridized carbons (Fsp3) is 0.500. The second-order valence-electron chi connectivity index (χ2n) is 4.76. The second-order valence-corrected chi connectivity index (χ2v) is 6.99. The maximum absolute atomic E-state index is 11.5. The molecule has 1 saturated heterocycles. The summed E-state index contributed by atoms with van der Waals surface area (Å²) in [7, 11) is -2.87. The molecule has 0 radical (unpaired) electrons. The van der Waals surface area contributed by atoms with Gasteiger partial charge < -0.3 is 10.6 Å². The van der Waals surface area contributed by atoms with Crippen LogP contribution in [0, 0.1) is 6.92 Å². The molecule has 17 heavy (non-hydrogen) atoms. The molecule has 2 N–H and O–H groups in total. The third-order valence-corrected chi connectivity index (χ3v) is 4.88. The number of nitrogens with zero attached hydrogens (tertiary/aromatic N) is 1. The van der Waals surface area contributed by atoms with Gasteiger partial charge >= 0.3 is 0 Å². The van der Waals surface area contributed by atoms with E-state index in [-0.39, 0.29) is 17.5 Å². The van der Waals surface area contributed by atoms with Gasteiger partial charge in [0.25, 0.3) is 0 Å². The molecule has 0 spiro atoms. The Morgan fingerprint density at radius 1 is 1.35 bits per heavy atom. The molecule has 0 saturated carbocycles. The van der Waals surface area contributed by atoms with Gasteiger partial charge in [-0.15, -0.1) is 0 Å². The summed E-state index contributed by atoms with van der Waals surface area (Å²) in [5.74, 6) is 0.450. The number of aryl methyl sites for hydroxylation is 1. The summed E-state index contributed by atoms with van der Waals surface area (Å²) in [5, 5.41) is 0. The predicted molar refractivity (Wildman–Crippen MR) is 71.1 cm³/mol. The fourth-order valence-corrected chi connectivity index (χ4v) is 3.90. The Bertz CT molecular complexity index is 505. The van der Waals surface area contributed by atoms with Crippen molar-refractivity contribution >= 4 is 21.2 Å². The number of nitrogen functional groups attached to an aromatic ring is 1. The molecule has 2 rings (SSSR count). The predicted octanol–water partition coefficient (Wildman–Crippen LogP) is 1.20. The minimum absolute atomic E-state index is 0.00921. The lowest BCUT2D eigenvalue weighted by molar-refractivity contribution is 0.568. The molecule has 0 aromatic heterocycles. The standard InChI is InChI=1S/C12H18N2O2S/c1-9-5-11(13)7-12(6-9)14-3-4-17(15,16)8-10(14)2/h5-7,10H,3-4,8,13H2,1-2H3. The van der Waals surface area contributed by atoms with Crippen LogP contribution in [0.1, 0.15) is 12.5 Å². The van der Waals surface area contributed by atoms with E-state index in [2.05, 4.69) is 4.90 Å². The molecule has 4 nitrogen and oxygen atoms in total. The fourth-order valence-electron chi connectivity index (χ4n) is 2.34. The van der Waals surface area contributed by atoms with Crippen LogP contribution in [-0.4, -0.2) is 32.5 Å². The van der Waals surface area contributed by atoms with Crippen LogP contribution >= 0.6 is 0 Å². The van der Waals surface area contributed by atoms with Crippen molar-refractivity contribution in [2.45, 2.75) is 19.9 Å².